The second kappa shape index (κ2) is 6.18. The Morgan fingerprint density at radius 1 is 1.54 bits per heavy atom. The minimum Gasteiger partial charge on any atom is -0.480 e. The molecule has 1 saturated carbocycles. The number of aliphatic carboxylic acids is 1. The van der Waals surface area contributed by atoms with Crippen LogP contribution in [0.15, 0.2) is 0 Å². The Morgan fingerprint density at radius 2 is 2.08 bits per heavy atom. The van der Waals surface area contributed by atoms with Gasteiger partial charge in [-0.3, -0.25) is 4.79 Å². The molecule has 0 aromatic rings. The van der Waals surface area contributed by atoms with Crippen LogP contribution in [0.2, 0.25) is 0 Å². The van der Waals surface area contributed by atoms with Gasteiger partial charge in [-0.25, -0.2) is 0 Å². The highest BCUT2D eigenvalue weighted by molar-refractivity contribution is 5.85. The lowest BCUT2D eigenvalue weighted by atomic mass is 10.3. The van der Waals surface area contributed by atoms with E-state index < -0.39 is 12.0 Å². The zero-order valence-corrected chi connectivity index (χ0v) is 8.26. The van der Waals surface area contributed by atoms with Gasteiger partial charge in [0, 0.05) is 0 Å². The number of hydrogen-bond acceptors (Lipinski definition) is 3. The number of halogens is 1. The first-order valence-corrected chi connectivity index (χ1v) is 4.30. The smallest absolute Gasteiger partial charge is 0.322 e. The molecular formula is C8H16ClNO3. The van der Waals surface area contributed by atoms with Crippen LogP contribution in [0.25, 0.3) is 0 Å². The number of rotatable bonds is 4. The summed E-state index contributed by atoms with van der Waals surface area (Å²) in [5.74, 6) is -0.993. The molecule has 0 radical (unpaired) electrons. The van der Waals surface area contributed by atoms with E-state index in [0.717, 1.165) is 12.8 Å². The molecule has 78 valence electrons. The van der Waals surface area contributed by atoms with Crippen molar-refractivity contribution in [2.45, 2.75) is 37.8 Å². The Hall–Kier alpha value is -0.320. The van der Waals surface area contributed by atoms with E-state index in [1.54, 1.807) is 0 Å². The summed E-state index contributed by atoms with van der Waals surface area (Å²) in [6, 6.07) is -0.870. The molecule has 1 aliphatic rings. The second-order valence-corrected chi connectivity index (χ2v) is 3.18. The van der Waals surface area contributed by atoms with Crippen LogP contribution < -0.4 is 5.73 Å². The largest absolute Gasteiger partial charge is 0.480 e. The summed E-state index contributed by atoms with van der Waals surface area (Å²) in [5, 5.41) is 8.45. The topological polar surface area (TPSA) is 72.5 Å². The van der Waals surface area contributed by atoms with Crippen molar-refractivity contribution in [1.82, 2.24) is 0 Å². The second-order valence-electron chi connectivity index (χ2n) is 3.18. The van der Waals surface area contributed by atoms with E-state index in [1.165, 1.54) is 12.8 Å². The fourth-order valence-corrected chi connectivity index (χ4v) is 1.37. The predicted octanol–water partition coefficient (Wildman–Crippen LogP) is 0.779. The number of carbonyl (C=O) groups is 1. The highest BCUT2D eigenvalue weighted by atomic mass is 35.5. The van der Waals surface area contributed by atoms with Crippen molar-refractivity contribution in [3.63, 3.8) is 0 Å². The number of ether oxygens (including phenoxy) is 1. The zero-order chi connectivity index (χ0) is 8.97. The van der Waals surface area contributed by atoms with Gasteiger partial charge in [0.15, 0.2) is 0 Å². The molecule has 5 heteroatoms. The lowest BCUT2D eigenvalue weighted by Gasteiger charge is -2.12. The van der Waals surface area contributed by atoms with Crippen LogP contribution in [-0.2, 0) is 9.53 Å². The van der Waals surface area contributed by atoms with E-state index in [4.69, 9.17) is 15.6 Å². The quantitative estimate of drug-likeness (QED) is 0.718. The zero-order valence-electron chi connectivity index (χ0n) is 7.44. The minimum absolute atomic E-state index is 0. The number of nitrogens with two attached hydrogens (primary N) is 1. The summed E-state index contributed by atoms with van der Waals surface area (Å²) in [5.41, 5.74) is 5.27. The first kappa shape index (κ1) is 12.7. The van der Waals surface area contributed by atoms with Crippen LogP contribution in [-0.4, -0.2) is 29.8 Å². The molecule has 1 rings (SSSR count). The van der Waals surface area contributed by atoms with E-state index >= 15 is 0 Å². The van der Waals surface area contributed by atoms with Gasteiger partial charge in [-0.15, -0.1) is 12.4 Å². The molecule has 1 fully saturated rings. The lowest BCUT2D eigenvalue weighted by molar-refractivity contribution is -0.140. The standard InChI is InChI=1S/C8H15NO3.ClH/c9-7(8(10)11)5-12-6-3-1-2-4-6;/h6-7H,1-5,9H2,(H,10,11);1H/t7-;/m0./s1. The van der Waals surface area contributed by atoms with Crippen LogP contribution >= 0.6 is 12.4 Å². The highest BCUT2D eigenvalue weighted by Gasteiger charge is 2.18. The van der Waals surface area contributed by atoms with Crippen molar-refractivity contribution >= 4 is 18.4 Å². The third kappa shape index (κ3) is 4.45. The molecule has 0 aliphatic heterocycles. The van der Waals surface area contributed by atoms with Crippen molar-refractivity contribution in [3.05, 3.63) is 0 Å². The summed E-state index contributed by atoms with van der Waals surface area (Å²) in [6.07, 6.45) is 4.72. The maximum Gasteiger partial charge on any atom is 0.322 e. The van der Waals surface area contributed by atoms with E-state index in [0.29, 0.717) is 0 Å². The fourth-order valence-electron chi connectivity index (χ4n) is 1.37. The molecule has 1 atom stereocenters. The van der Waals surface area contributed by atoms with E-state index in [-0.39, 0.29) is 25.1 Å². The van der Waals surface area contributed by atoms with Gasteiger partial charge in [0.2, 0.25) is 0 Å². The average Bonchev–Trinajstić information content (AvgIpc) is 2.51. The maximum atomic E-state index is 10.3. The van der Waals surface area contributed by atoms with Crippen LogP contribution in [0.4, 0.5) is 0 Å². The van der Waals surface area contributed by atoms with Crippen LogP contribution in [0.1, 0.15) is 25.7 Å². The Kier molecular flexibility index (Phi) is 6.03. The normalized spacial score (nSPS) is 19.5. The first-order chi connectivity index (χ1) is 5.70. The molecule has 3 N–H and O–H groups in total. The van der Waals surface area contributed by atoms with Crippen molar-refractivity contribution in [3.8, 4) is 0 Å². The summed E-state index contributed by atoms with van der Waals surface area (Å²) in [4.78, 5) is 10.3. The van der Waals surface area contributed by atoms with Crippen LogP contribution in [0.5, 0.6) is 0 Å². The Morgan fingerprint density at radius 3 is 2.54 bits per heavy atom. The van der Waals surface area contributed by atoms with Gasteiger partial charge < -0.3 is 15.6 Å². The van der Waals surface area contributed by atoms with Crippen molar-refractivity contribution in [2.75, 3.05) is 6.61 Å². The Labute approximate surface area is 83.9 Å². The third-order valence-corrected chi connectivity index (χ3v) is 2.13. The van der Waals surface area contributed by atoms with E-state index in [9.17, 15) is 4.79 Å². The van der Waals surface area contributed by atoms with Crippen LogP contribution in [0.3, 0.4) is 0 Å². The number of hydrogen-bond donors (Lipinski definition) is 2. The lowest BCUT2D eigenvalue weighted by Crippen LogP contribution is -2.36. The highest BCUT2D eigenvalue weighted by Crippen LogP contribution is 2.20. The summed E-state index contributed by atoms with van der Waals surface area (Å²) >= 11 is 0. The summed E-state index contributed by atoms with van der Waals surface area (Å²) in [7, 11) is 0. The molecule has 0 spiro atoms. The first-order valence-electron chi connectivity index (χ1n) is 4.30. The molecular weight excluding hydrogens is 194 g/mol. The summed E-state index contributed by atoms with van der Waals surface area (Å²) < 4.78 is 5.32. The molecule has 0 saturated heterocycles. The molecule has 0 bridgehead atoms. The van der Waals surface area contributed by atoms with Crippen molar-refractivity contribution < 1.29 is 14.6 Å². The fraction of sp³-hybridized carbons (Fsp3) is 0.875. The number of carboxylic acid groups (broad SMARTS) is 1. The SMILES string of the molecule is Cl.N[C@@H](COC1CCCC1)C(=O)O. The molecule has 0 aromatic carbocycles. The van der Waals surface area contributed by atoms with Gasteiger partial charge in [-0.1, -0.05) is 12.8 Å². The molecule has 4 nitrogen and oxygen atoms in total. The summed E-state index contributed by atoms with van der Waals surface area (Å²) in [6.45, 7) is 0.139. The van der Waals surface area contributed by atoms with Gasteiger partial charge in [-0.2, -0.15) is 0 Å². The van der Waals surface area contributed by atoms with Crippen molar-refractivity contribution in [2.24, 2.45) is 5.73 Å². The van der Waals surface area contributed by atoms with E-state index in [2.05, 4.69) is 0 Å². The van der Waals surface area contributed by atoms with Crippen LogP contribution in [0, 0.1) is 0 Å². The molecule has 13 heavy (non-hydrogen) atoms. The molecule has 0 unspecified atom stereocenters. The Bertz CT molecular complexity index is 159. The van der Waals surface area contributed by atoms with E-state index in [1.807, 2.05) is 0 Å². The monoisotopic (exact) mass is 209 g/mol. The van der Waals surface area contributed by atoms with Gasteiger partial charge >= 0.3 is 5.97 Å². The maximum absolute atomic E-state index is 10.3. The molecule has 0 aromatic heterocycles. The minimum atomic E-state index is -0.993. The Balaban J connectivity index is 0.00000144. The molecule has 0 amide bonds. The predicted molar refractivity (Wildman–Crippen MR) is 51.1 cm³/mol. The van der Waals surface area contributed by atoms with Crippen molar-refractivity contribution in [1.29, 1.82) is 0 Å². The third-order valence-electron chi connectivity index (χ3n) is 2.13. The van der Waals surface area contributed by atoms with Gasteiger partial charge in [-0.05, 0) is 12.8 Å². The number of carboxylic acids is 1. The van der Waals surface area contributed by atoms with Gasteiger partial charge in [0.25, 0.3) is 0 Å². The van der Waals surface area contributed by atoms with Gasteiger partial charge in [0.1, 0.15) is 6.04 Å². The van der Waals surface area contributed by atoms with Gasteiger partial charge in [0.05, 0.1) is 12.7 Å². The molecule has 0 heterocycles. The molecule has 1 aliphatic carbocycles. The average molecular weight is 210 g/mol.